The highest BCUT2D eigenvalue weighted by Gasteiger charge is 2.56. The number of carbonyl (C=O) groups excluding carboxylic acids is 1. The van der Waals surface area contributed by atoms with E-state index in [9.17, 15) is 35.2 Å². The molecule has 1 N–H and O–H groups in total. The number of hydroxylamine groups is 1. The zero-order valence-corrected chi connectivity index (χ0v) is 22.2. The lowest BCUT2D eigenvalue weighted by molar-refractivity contribution is -0.284. The molecule has 2 fully saturated rings. The highest BCUT2D eigenvalue weighted by atomic mass is 32.2. The maximum Gasteiger partial charge on any atom is 0.453 e. The lowest BCUT2D eigenvalue weighted by Gasteiger charge is -2.35. The number of halogens is 5. The third kappa shape index (κ3) is 6.45. The largest absolute Gasteiger partial charge is 0.453 e. The van der Waals surface area contributed by atoms with Crippen molar-refractivity contribution in [3.8, 4) is 11.3 Å². The van der Waals surface area contributed by atoms with Crippen LogP contribution >= 0.6 is 0 Å². The Morgan fingerprint density at radius 1 is 1.02 bits per heavy atom. The molecule has 0 bridgehead atoms. The number of rotatable bonds is 9. The van der Waals surface area contributed by atoms with Crippen molar-refractivity contribution in [1.29, 1.82) is 0 Å². The van der Waals surface area contributed by atoms with Crippen LogP contribution in [-0.2, 0) is 35.4 Å². The van der Waals surface area contributed by atoms with Crippen LogP contribution in [0.2, 0.25) is 0 Å². The number of aromatic nitrogens is 1. The number of ether oxygens (including phenoxy) is 2. The van der Waals surface area contributed by atoms with Crippen LogP contribution in [0.3, 0.4) is 0 Å². The molecule has 1 aromatic carbocycles. The molecule has 2 aliphatic rings. The number of sulfone groups is 1. The number of alkyl halides is 5. The van der Waals surface area contributed by atoms with Crippen LogP contribution in [-0.4, -0.2) is 62.3 Å². The second-order valence-electron chi connectivity index (χ2n) is 9.73. The van der Waals surface area contributed by atoms with Gasteiger partial charge in [0.05, 0.1) is 10.6 Å². The highest BCUT2D eigenvalue weighted by molar-refractivity contribution is 7.93. The van der Waals surface area contributed by atoms with E-state index in [2.05, 4.69) is 10.5 Å². The molecule has 1 amide bonds. The third-order valence-electron chi connectivity index (χ3n) is 7.09. The molecule has 1 aromatic heterocycles. The fraction of sp³-hybridized carbons (Fsp3) is 0.538. The molecule has 3 heterocycles. The molecule has 0 spiro atoms. The third-order valence-corrected chi connectivity index (χ3v) is 9.57. The van der Waals surface area contributed by atoms with Gasteiger partial charge in [0.25, 0.3) is 5.91 Å². The number of amides is 1. The van der Waals surface area contributed by atoms with Gasteiger partial charge in [-0.2, -0.15) is 22.0 Å². The van der Waals surface area contributed by atoms with Crippen molar-refractivity contribution >= 4 is 15.7 Å². The van der Waals surface area contributed by atoms with E-state index in [0.29, 0.717) is 24.3 Å². The van der Waals surface area contributed by atoms with Crippen molar-refractivity contribution in [2.24, 2.45) is 0 Å². The zero-order valence-electron chi connectivity index (χ0n) is 21.4. The maximum atomic E-state index is 13.7. The quantitative estimate of drug-likeness (QED) is 0.330. The van der Waals surface area contributed by atoms with Crippen LogP contribution in [0.25, 0.3) is 11.3 Å². The first-order valence-corrected chi connectivity index (χ1v) is 14.2. The number of hydrogen-bond donors (Lipinski definition) is 1. The van der Waals surface area contributed by atoms with Crippen LogP contribution < -0.4 is 5.48 Å². The SMILES string of the molecule is O=C(NOC1CCCCO1)C1(S(=O)(=O)c2ccc(-c3ccc(CCC(F)(F)C(F)(F)F)cc3)nc2)CCOCC1. The lowest BCUT2D eigenvalue weighted by atomic mass is 9.98. The van der Waals surface area contributed by atoms with Crippen LogP contribution in [0.4, 0.5) is 22.0 Å². The first-order chi connectivity index (χ1) is 18.9. The first kappa shape index (κ1) is 30.3. The van der Waals surface area contributed by atoms with Crippen molar-refractivity contribution in [3.05, 3.63) is 48.2 Å². The van der Waals surface area contributed by atoms with E-state index >= 15 is 0 Å². The van der Waals surface area contributed by atoms with Gasteiger partial charge in [-0.25, -0.2) is 18.7 Å². The number of pyridine rings is 1. The van der Waals surface area contributed by atoms with Crippen molar-refractivity contribution < 1.29 is 49.5 Å². The van der Waals surface area contributed by atoms with Crippen molar-refractivity contribution in [3.63, 3.8) is 0 Å². The Labute approximate surface area is 228 Å². The molecule has 0 saturated carbocycles. The number of nitrogens with one attached hydrogen (secondary N) is 1. The summed E-state index contributed by atoms with van der Waals surface area (Å²) in [6, 6.07) is 8.55. The minimum absolute atomic E-state index is 0.0549. The van der Waals surface area contributed by atoms with E-state index in [0.717, 1.165) is 19.0 Å². The van der Waals surface area contributed by atoms with E-state index < -0.39 is 51.7 Å². The monoisotopic (exact) mass is 592 g/mol. The van der Waals surface area contributed by atoms with Gasteiger partial charge in [-0.05, 0) is 49.8 Å². The molecular weight excluding hydrogens is 563 g/mol. The number of nitrogens with zero attached hydrogens (tertiary/aromatic N) is 1. The summed E-state index contributed by atoms with van der Waals surface area (Å²) in [6.07, 6.45) is -4.90. The summed E-state index contributed by atoms with van der Waals surface area (Å²) in [4.78, 5) is 22.6. The summed E-state index contributed by atoms with van der Waals surface area (Å²) in [5.74, 6) is -5.61. The van der Waals surface area contributed by atoms with E-state index in [4.69, 9.17) is 14.3 Å². The van der Waals surface area contributed by atoms with Crippen molar-refractivity contribution in [2.75, 3.05) is 19.8 Å². The van der Waals surface area contributed by atoms with Gasteiger partial charge >= 0.3 is 12.1 Å². The van der Waals surface area contributed by atoms with E-state index in [1.807, 2.05) is 0 Å². The molecule has 14 heteroatoms. The first-order valence-electron chi connectivity index (χ1n) is 12.8. The molecule has 1 atom stereocenters. The van der Waals surface area contributed by atoms with Gasteiger partial charge in [0, 0.05) is 44.4 Å². The maximum absolute atomic E-state index is 13.7. The zero-order chi connectivity index (χ0) is 29.0. The summed E-state index contributed by atoms with van der Waals surface area (Å²) in [5, 5.41) is 0. The highest BCUT2D eigenvalue weighted by Crippen LogP contribution is 2.39. The van der Waals surface area contributed by atoms with Gasteiger partial charge < -0.3 is 9.47 Å². The predicted molar refractivity (Wildman–Crippen MR) is 132 cm³/mol. The topological polar surface area (TPSA) is 104 Å². The van der Waals surface area contributed by atoms with Gasteiger partial charge in [0.15, 0.2) is 20.9 Å². The second-order valence-corrected chi connectivity index (χ2v) is 12.0. The molecular formula is C26H29F5N2O6S. The average Bonchev–Trinajstić information content (AvgIpc) is 2.95. The summed E-state index contributed by atoms with van der Waals surface area (Å²) in [6.45, 7) is 0.589. The van der Waals surface area contributed by atoms with Crippen LogP contribution in [0.15, 0.2) is 47.5 Å². The Morgan fingerprint density at radius 3 is 2.30 bits per heavy atom. The standard InChI is InChI=1S/C26H29F5N2O6S/c27-25(28,26(29,30)31)11-10-18-4-6-19(7-5-18)21-9-8-20(17-32-21)40(35,36)24(12-15-37-16-13-24)23(34)33-39-22-3-1-2-14-38-22/h4-9,17,22H,1-3,10-16H2,(H,33,34). The van der Waals surface area contributed by atoms with E-state index in [1.54, 1.807) is 0 Å². The molecule has 1 unspecified atom stereocenters. The van der Waals surface area contributed by atoms with Gasteiger partial charge in [-0.1, -0.05) is 24.3 Å². The fourth-order valence-electron chi connectivity index (χ4n) is 4.56. The fourth-order valence-corrected chi connectivity index (χ4v) is 6.44. The molecule has 40 heavy (non-hydrogen) atoms. The molecule has 0 radical (unpaired) electrons. The van der Waals surface area contributed by atoms with Crippen LogP contribution in [0, 0.1) is 0 Å². The molecule has 8 nitrogen and oxygen atoms in total. The smallest absolute Gasteiger partial charge is 0.381 e. The van der Waals surface area contributed by atoms with Crippen LogP contribution in [0.5, 0.6) is 0 Å². The van der Waals surface area contributed by atoms with E-state index in [1.165, 1.54) is 36.4 Å². The Bertz CT molecular complexity index is 1260. The minimum Gasteiger partial charge on any atom is -0.381 e. The van der Waals surface area contributed by atoms with Gasteiger partial charge in [0.2, 0.25) is 0 Å². The second kappa shape index (κ2) is 12.0. The molecule has 2 saturated heterocycles. The van der Waals surface area contributed by atoms with Crippen LogP contribution in [0.1, 0.15) is 44.1 Å². The predicted octanol–water partition coefficient (Wildman–Crippen LogP) is 4.78. The molecule has 220 valence electrons. The van der Waals surface area contributed by atoms with Gasteiger partial charge in [-0.3, -0.25) is 9.78 Å². The molecule has 4 rings (SSSR count). The Hall–Kier alpha value is -2.68. The van der Waals surface area contributed by atoms with Gasteiger partial charge in [0.1, 0.15) is 0 Å². The van der Waals surface area contributed by atoms with Gasteiger partial charge in [-0.15, -0.1) is 0 Å². The Morgan fingerprint density at radius 2 is 1.73 bits per heavy atom. The summed E-state index contributed by atoms with van der Waals surface area (Å²) in [7, 11) is -4.25. The number of aryl methyl sites for hydroxylation is 1. The minimum atomic E-state index is -5.61. The summed E-state index contributed by atoms with van der Waals surface area (Å²) in [5.41, 5.74) is 3.40. The Balaban J connectivity index is 1.47. The number of hydrogen-bond acceptors (Lipinski definition) is 7. The molecule has 0 aliphatic carbocycles. The summed E-state index contributed by atoms with van der Waals surface area (Å²) >= 11 is 0. The number of benzene rings is 1. The van der Waals surface area contributed by atoms with Crippen molar-refractivity contribution in [1.82, 2.24) is 10.5 Å². The summed E-state index contributed by atoms with van der Waals surface area (Å²) < 4.78 is 100.0. The normalized spacial score (nSPS) is 20.2. The Kier molecular flexibility index (Phi) is 9.12. The number of carbonyl (C=O) groups is 1. The molecule has 2 aliphatic heterocycles. The average molecular weight is 593 g/mol. The molecule has 2 aromatic rings. The van der Waals surface area contributed by atoms with Crippen molar-refractivity contribution in [2.45, 2.75) is 73.0 Å². The lowest BCUT2D eigenvalue weighted by Crippen LogP contribution is -2.56. The van der Waals surface area contributed by atoms with E-state index in [-0.39, 0.29) is 36.5 Å².